The first kappa shape index (κ1) is 9.66. The van der Waals surface area contributed by atoms with Gasteiger partial charge in [0.05, 0.1) is 5.69 Å². The Morgan fingerprint density at radius 2 is 2.14 bits per heavy atom. The summed E-state index contributed by atoms with van der Waals surface area (Å²) in [5, 5.41) is 10.5. The Hall–Kier alpha value is -0.890. The maximum atomic E-state index is 10.5. The molecule has 1 aliphatic rings. The summed E-state index contributed by atoms with van der Waals surface area (Å²) in [6, 6.07) is 4.11. The summed E-state index contributed by atoms with van der Waals surface area (Å²) in [5.74, 6) is 0.234. The van der Waals surface area contributed by atoms with Crippen molar-refractivity contribution in [1.29, 1.82) is 0 Å². The lowest BCUT2D eigenvalue weighted by atomic mass is 9.88. The molecular formula is C12H17NO. The summed E-state index contributed by atoms with van der Waals surface area (Å²) >= 11 is 0. The van der Waals surface area contributed by atoms with Crippen molar-refractivity contribution in [2.24, 2.45) is 5.92 Å². The van der Waals surface area contributed by atoms with Gasteiger partial charge in [-0.1, -0.05) is 19.9 Å². The first-order valence-electron chi connectivity index (χ1n) is 5.23. The molecule has 1 aromatic rings. The molecule has 2 rings (SSSR count). The summed E-state index contributed by atoms with van der Waals surface area (Å²) in [4.78, 5) is 4.48. The molecule has 2 heteroatoms. The topological polar surface area (TPSA) is 33.1 Å². The fraction of sp³-hybridized carbons (Fsp3) is 0.583. The maximum Gasteiger partial charge on any atom is 0.109 e. The average Bonchev–Trinajstić information content (AvgIpc) is 2.46. The van der Waals surface area contributed by atoms with Crippen LogP contribution >= 0.6 is 0 Å². The molecule has 1 unspecified atom stereocenters. The summed E-state index contributed by atoms with van der Waals surface area (Å²) in [7, 11) is 0. The van der Waals surface area contributed by atoms with E-state index in [1.54, 1.807) is 0 Å². The van der Waals surface area contributed by atoms with Crippen LogP contribution in [0.15, 0.2) is 12.1 Å². The van der Waals surface area contributed by atoms with Gasteiger partial charge in [-0.15, -0.1) is 0 Å². The first-order valence-corrected chi connectivity index (χ1v) is 5.23. The molecule has 1 N–H and O–H groups in total. The number of aliphatic hydroxyl groups is 1. The molecule has 1 atom stereocenters. The molecule has 0 aliphatic heterocycles. The molecule has 1 aliphatic carbocycles. The Morgan fingerprint density at radius 3 is 2.79 bits per heavy atom. The predicted molar refractivity (Wildman–Crippen MR) is 56.0 cm³/mol. The monoisotopic (exact) mass is 191 g/mol. The highest BCUT2D eigenvalue weighted by molar-refractivity contribution is 5.33. The average molecular weight is 191 g/mol. The number of aromatic nitrogens is 1. The number of hydrogen-bond donors (Lipinski definition) is 1. The van der Waals surface area contributed by atoms with Crippen molar-refractivity contribution in [3.63, 3.8) is 0 Å². The SMILES string of the molecule is Cc1ccc2c(n1)C(O)(C(C)C)CC2. The van der Waals surface area contributed by atoms with Gasteiger partial charge in [-0.25, -0.2) is 0 Å². The van der Waals surface area contributed by atoms with Crippen LogP contribution in [0.4, 0.5) is 0 Å². The molecule has 1 aromatic heterocycles. The summed E-state index contributed by atoms with van der Waals surface area (Å²) < 4.78 is 0. The number of fused-ring (bicyclic) bond motifs is 1. The van der Waals surface area contributed by atoms with Crippen LogP contribution < -0.4 is 0 Å². The van der Waals surface area contributed by atoms with Gasteiger partial charge in [-0.2, -0.15) is 0 Å². The minimum absolute atomic E-state index is 0.234. The van der Waals surface area contributed by atoms with Crippen LogP contribution in [0.3, 0.4) is 0 Å². The minimum Gasteiger partial charge on any atom is -0.383 e. The van der Waals surface area contributed by atoms with Crippen molar-refractivity contribution in [3.05, 3.63) is 29.1 Å². The number of aryl methyl sites for hydroxylation is 2. The van der Waals surface area contributed by atoms with Crippen LogP contribution in [0, 0.1) is 12.8 Å². The van der Waals surface area contributed by atoms with Crippen molar-refractivity contribution >= 4 is 0 Å². The van der Waals surface area contributed by atoms with E-state index >= 15 is 0 Å². The predicted octanol–water partition coefficient (Wildman–Crippen LogP) is 2.18. The van der Waals surface area contributed by atoms with Crippen molar-refractivity contribution in [1.82, 2.24) is 4.98 Å². The second-order valence-electron chi connectivity index (χ2n) is 4.54. The third-order valence-electron chi connectivity index (χ3n) is 3.26. The lowest BCUT2D eigenvalue weighted by Crippen LogP contribution is -2.30. The summed E-state index contributed by atoms with van der Waals surface area (Å²) in [5.41, 5.74) is 2.42. The fourth-order valence-corrected chi connectivity index (χ4v) is 2.17. The Balaban J connectivity index is 2.52. The van der Waals surface area contributed by atoms with E-state index in [0.717, 1.165) is 24.2 Å². The van der Waals surface area contributed by atoms with Crippen LogP contribution in [-0.4, -0.2) is 10.1 Å². The molecule has 0 saturated heterocycles. The minimum atomic E-state index is -0.693. The van der Waals surface area contributed by atoms with Gasteiger partial charge in [0.2, 0.25) is 0 Å². The van der Waals surface area contributed by atoms with Crippen LogP contribution in [0.2, 0.25) is 0 Å². The van der Waals surface area contributed by atoms with E-state index < -0.39 is 5.60 Å². The van der Waals surface area contributed by atoms with Crippen LogP contribution in [0.25, 0.3) is 0 Å². The number of hydrogen-bond acceptors (Lipinski definition) is 2. The highest BCUT2D eigenvalue weighted by Crippen LogP contribution is 2.40. The third kappa shape index (κ3) is 1.25. The largest absolute Gasteiger partial charge is 0.383 e. The normalized spacial score (nSPS) is 25.5. The van der Waals surface area contributed by atoms with E-state index in [0.29, 0.717) is 0 Å². The second kappa shape index (κ2) is 3.06. The summed E-state index contributed by atoms with van der Waals surface area (Å²) in [6.07, 6.45) is 1.77. The molecule has 0 bridgehead atoms. The quantitative estimate of drug-likeness (QED) is 0.738. The molecule has 0 aromatic carbocycles. The standard InChI is InChI=1S/C12H17NO/c1-8(2)12(14)7-6-10-5-4-9(3)13-11(10)12/h4-5,8,14H,6-7H2,1-3H3. The lowest BCUT2D eigenvalue weighted by Gasteiger charge is -2.27. The van der Waals surface area contributed by atoms with Gasteiger partial charge in [-0.05, 0) is 37.3 Å². The van der Waals surface area contributed by atoms with E-state index in [4.69, 9.17) is 0 Å². The van der Waals surface area contributed by atoms with E-state index in [-0.39, 0.29) is 5.92 Å². The van der Waals surface area contributed by atoms with Gasteiger partial charge in [0, 0.05) is 5.69 Å². The third-order valence-corrected chi connectivity index (χ3v) is 3.26. The van der Waals surface area contributed by atoms with Crippen molar-refractivity contribution in [2.75, 3.05) is 0 Å². The van der Waals surface area contributed by atoms with Gasteiger partial charge in [-0.3, -0.25) is 4.98 Å². The van der Waals surface area contributed by atoms with Gasteiger partial charge in [0.1, 0.15) is 5.60 Å². The molecule has 0 radical (unpaired) electrons. The lowest BCUT2D eigenvalue weighted by molar-refractivity contribution is -0.0119. The summed E-state index contributed by atoms with van der Waals surface area (Å²) in [6.45, 7) is 6.08. The Kier molecular flexibility index (Phi) is 2.11. The van der Waals surface area contributed by atoms with Gasteiger partial charge < -0.3 is 5.11 Å². The Labute approximate surface area is 85.0 Å². The fourth-order valence-electron chi connectivity index (χ4n) is 2.17. The smallest absolute Gasteiger partial charge is 0.109 e. The van der Waals surface area contributed by atoms with Gasteiger partial charge in [0.25, 0.3) is 0 Å². The van der Waals surface area contributed by atoms with Gasteiger partial charge >= 0.3 is 0 Å². The zero-order chi connectivity index (χ0) is 10.3. The number of rotatable bonds is 1. The van der Waals surface area contributed by atoms with Crippen LogP contribution in [0.1, 0.15) is 37.2 Å². The zero-order valence-electron chi connectivity index (χ0n) is 9.04. The molecule has 1 heterocycles. The Bertz CT molecular complexity index is 359. The highest BCUT2D eigenvalue weighted by Gasteiger charge is 2.40. The molecule has 2 nitrogen and oxygen atoms in total. The molecule has 0 saturated carbocycles. The second-order valence-corrected chi connectivity index (χ2v) is 4.54. The van der Waals surface area contributed by atoms with Crippen LogP contribution in [-0.2, 0) is 12.0 Å². The number of nitrogens with zero attached hydrogens (tertiary/aromatic N) is 1. The molecule has 76 valence electrons. The van der Waals surface area contributed by atoms with Crippen molar-refractivity contribution in [3.8, 4) is 0 Å². The van der Waals surface area contributed by atoms with E-state index in [2.05, 4.69) is 24.9 Å². The Morgan fingerprint density at radius 1 is 1.43 bits per heavy atom. The molecule has 0 amide bonds. The molecule has 14 heavy (non-hydrogen) atoms. The van der Waals surface area contributed by atoms with E-state index in [1.807, 2.05) is 13.0 Å². The van der Waals surface area contributed by atoms with Crippen molar-refractivity contribution < 1.29 is 5.11 Å². The number of pyridine rings is 1. The molecule has 0 fully saturated rings. The van der Waals surface area contributed by atoms with Crippen LogP contribution in [0.5, 0.6) is 0 Å². The highest BCUT2D eigenvalue weighted by atomic mass is 16.3. The molecular weight excluding hydrogens is 174 g/mol. The first-order chi connectivity index (χ1) is 6.54. The van der Waals surface area contributed by atoms with E-state index in [9.17, 15) is 5.11 Å². The van der Waals surface area contributed by atoms with Gasteiger partial charge in [0.15, 0.2) is 0 Å². The maximum absolute atomic E-state index is 10.5. The zero-order valence-corrected chi connectivity index (χ0v) is 9.04. The molecule has 0 spiro atoms. The van der Waals surface area contributed by atoms with Crippen molar-refractivity contribution in [2.45, 2.75) is 39.2 Å². The van der Waals surface area contributed by atoms with E-state index in [1.165, 1.54) is 5.56 Å².